The number of likely N-dealkylation sites (tertiary alicyclic amines) is 1. The van der Waals surface area contributed by atoms with Crippen molar-refractivity contribution in [2.24, 2.45) is 11.8 Å². The van der Waals surface area contributed by atoms with Crippen molar-refractivity contribution in [3.05, 3.63) is 35.9 Å². The van der Waals surface area contributed by atoms with Gasteiger partial charge in [0.1, 0.15) is 0 Å². The van der Waals surface area contributed by atoms with Crippen molar-refractivity contribution < 1.29 is 14.7 Å². The van der Waals surface area contributed by atoms with Gasteiger partial charge in [-0.25, -0.2) is 0 Å². The highest BCUT2D eigenvalue weighted by Crippen LogP contribution is 2.28. The molecule has 1 heterocycles. The topological polar surface area (TPSA) is 60.9 Å². The van der Waals surface area contributed by atoms with Crippen LogP contribution in [0, 0.1) is 11.8 Å². The van der Waals surface area contributed by atoms with Gasteiger partial charge in [0.2, 0.25) is 11.8 Å². The van der Waals surface area contributed by atoms with E-state index in [0.29, 0.717) is 38.4 Å². The zero-order valence-electron chi connectivity index (χ0n) is 14.2. The van der Waals surface area contributed by atoms with Crippen LogP contribution in [0.3, 0.4) is 0 Å². The summed E-state index contributed by atoms with van der Waals surface area (Å²) >= 11 is 0. The van der Waals surface area contributed by atoms with E-state index in [0.717, 1.165) is 18.4 Å². The van der Waals surface area contributed by atoms with Crippen molar-refractivity contribution in [2.45, 2.75) is 38.3 Å². The normalized spacial score (nSPS) is 26.8. The number of piperidine rings is 1. The van der Waals surface area contributed by atoms with Crippen LogP contribution in [-0.4, -0.2) is 53.0 Å². The third-order valence-electron chi connectivity index (χ3n) is 5.18. The lowest BCUT2D eigenvalue weighted by atomic mass is 9.82. The molecule has 0 radical (unpaired) electrons. The van der Waals surface area contributed by atoms with Gasteiger partial charge in [0, 0.05) is 33.1 Å². The number of nitrogens with zero attached hydrogens (tertiary/aromatic N) is 2. The van der Waals surface area contributed by atoms with Crippen LogP contribution in [0.15, 0.2) is 30.3 Å². The van der Waals surface area contributed by atoms with Crippen LogP contribution in [-0.2, 0) is 16.1 Å². The van der Waals surface area contributed by atoms with E-state index >= 15 is 0 Å². The Hall–Kier alpha value is -1.88. The summed E-state index contributed by atoms with van der Waals surface area (Å²) in [5.41, 5.74) is 1.09. The lowest BCUT2D eigenvalue weighted by Gasteiger charge is -2.37. The van der Waals surface area contributed by atoms with E-state index in [-0.39, 0.29) is 23.8 Å². The van der Waals surface area contributed by atoms with Crippen LogP contribution in [0.5, 0.6) is 0 Å². The molecule has 1 aliphatic carbocycles. The molecule has 1 aromatic rings. The molecular weight excluding hydrogens is 304 g/mol. The molecule has 1 unspecified atom stereocenters. The molecule has 2 fully saturated rings. The van der Waals surface area contributed by atoms with Crippen molar-refractivity contribution in [1.82, 2.24) is 9.80 Å². The number of aliphatic hydroxyl groups excluding tert-OH is 1. The molecular formula is C19H26N2O3. The summed E-state index contributed by atoms with van der Waals surface area (Å²) in [6, 6.07) is 9.90. The van der Waals surface area contributed by atoms with Gasteiger partial charge in [-0.15, -0.1) is 0 Å². The lowest BCUT2D eigenvalue weighted by molar-refractivity contribution is -0.143. The summed E-state index contributed by atoms with van der Waals surface area (Å²) in [5, 5.41) is 9.37. The predicted octanol–water partition coefficient (Wildman–Crippen LogP) is 1.65. The second-order valence-electron chi connectivity index (χ2n) is 7.21. The molecule has 3 rings (SSSR count). The summed E-state index contributed by atoms with van der Waals surface area (Å²) in [7, 11) is 1.84. The van der Waals surface area contributed by atoms with E-state index in [4.69, 9.17) is 0 Å². The maximum absolute atomic E-state index is 12.7. The minimum atomic E-state index is -0.188. The Balaban J connectivity index is 1.55. The molecule has 2 aliphatic rings. The highest BCUT2D eigenvalue weighted by atomic mass is 16.3. The molecule has 0 aromatic heterocycles. The van der Waals surface area contributed by atoms with Gasteiger partial charge in [-0.2, -0.15) is 0 Å². The molecule has 1 atom stereocenters. The molecule has 130 valence electrons. The highest BCUT2D eigenvalue weighted by Gasteiger charge is 2.34. The number of aliphatic hydroxyl groups is 1. The van der Waals surface area contributed by atoms with Crippen molar-refractivity contribution >= 4 is 11.8 Å². The number of benzene rings is 1. The summed E-state index contributed by atoms with van der Waals surface area (Å²) in [6.45, 7) is 1.78. The van der Waals surface area contributed by atoms with Gasteiger partial charge >= 0.3 is 0 Å². The van der Waals surface area contributed by atoms with Crippen LogP contribution in [0.4, 0.5) is 0 Å². The Labute approximate surface area is 143 Å². The third-order valence-corrected chi connectivity index (χ3v) is 5.18. The average Bonchev–Trinajstić information content (AvgIpc) is 2.55. The number of carbonyl (C=O) groups excluding carboxylic acids is 2. The molecule has 1 aliphatic heterocycles. The van der Waals surface area contributed by atoms with Crippen molar-refractivity contribution in [3.63, 3.8) is 0 Å². The quantitative estimate of drug-likeness (QED) is 0.893. The summed E-state index contributed by atoms with van der Waals surface area (Å²) in [6.07, 6.45) is 2.48. The maximum Gasteiger partial charge on any atom is 0.227 e. The van der Waals surface area contributed by atoms with Crippen LogP contribution < -0.4 is 0 Å². The summed E-state index contributed by atoms with van der Waals surface area (Å²) < 4.78 is 0. The Morgan fingerprint density at radius 3 is 2.67 bits per heavy atom. The van der Waals surface area contributed by atoms with Gasteiger partial charge in [0.15, 0.2) is 0 Å². The molecule has 5 nitrogen and oxygen atoms in total. The number of rotatable bonds is 5. The average molecular weight is 330 g/mol. The smallest absolute Gasteiger partial charge is 0.227 e. The van der Waals surface area contributed by atoms with Crippen molar-refractivity contribution in [1.29, 1.82) is 0 Å². The van der Waals surface area contributed by atoms with Crippen LogP contribution >= 0.6 is 0 Å². The monoisotopic (exact) mass is 330 g/mol. The van der Waals surface area contributed by atoms with E-state index < -0.39 is 0 Å². The van der Waals surface area contributed by atoms with Crippen molar-refractivity contribution in [2.75, 3.05) is 20.1 Å². The van der Waals surface area contributed by atoms with E-state index in [2.05, 4.69) is 0 Å². The van der Waals surface area contributed by atoms with E-state index in [1.807, 2.05) is 42.3 Å². The van der Waals surface area contributed by atoms with Crippen molar-refractivity contribution in [3.8, 4) is 0 Å². The molecule has 24 heavy (non-hydrogen) atoms. The molecule has 0 bridgehead atoms. The number of hydrogen-bond donors (Lipinski definition) is 1. The van der Waals surface area contributed by atoms with Gasteiger partial charge in [0.05, 0.1) is 12.0 Å². The highest BCUT2D eigenvalue weighted by molar-refractivity contribution is 5.83. The molecule has 1 aromatic carbocycles. The summed E-state index contributed by atoms with van der Waals surface area (Å²) in [4.78, 5) is 28.5. The largest absolute Gasteiger partial charge is 0.393 e. The molecule has 1 saturated carbocycles. The Bertz CT molecular complexity index is 584. The first kappa shape index (κ1) is 17.0. The third kappa shape index (κ3) is 3.96. The second kappa shape index (κ2) is 7.34. The Morgan fingerprint density at radius 2 is 2.00 bits per heavy atom. The minimum absolute atomic E-state index is 0.110. The molecule has 1 N–H and O–H groups in total. The first-order chi connectivity index (χ1) is 11.5. The van der Waals surface area contributed by atoms with Gasteiger partial charge in [-0.1, -0.05) is 30.3 Å². The standard InChI is InChI=1S/C19H26N2O3/c1-20(11-15-9-17(22)10-15)19(24)16-7-8-18(23)21(13-16)12-14-5-3-2-4-6-14/h2-6,15-17,22H,7-13H2,1H3. The van der Waals surface area contributed by atoms with Gasteiger partial charge in [-0.05, 0) is 30.7 Å². The van der Waals surface area contributed by atoms with Crippen LogP contribution in [0.25, 0.3) is 0 Å². The fourth-order valence-electron chi connectivity index (χ4n) is 3.71. The fraction of sp³-hybridized carbons (Fsp3) is 0.579. The molecule has 5 heteroatoms. The van der Waals surface area contributed by atoms with Gasteiger partial charge < -0.3 is 14.9 Å². The number of amides is 2. The SMILES string of the molecule is CN(CC1CC(O)C1)C(=O)C1CCC(=O)N(Cc2ccccc2)C1. The minimum Gasteiger partial charge on any atom is -0.393 e. The Morgan fingerprint density at radius 1 is 1.29 bits per heavy atom. The Kier molecular flexibility index (Phi) is 5.19. The van der Waals surface area contributed by atoms with Gasteiger partial charge in [0.25, 0.3) is 0 Å². The van der Waals surface area contributed by atoms with Gasteiger partial charge in [-0.3, -0.25) is 9.59 Å². The first-order valence-corrected chi connectivity index (χ1v) is 8.77. The summed E-state index contributed by atoms with van der Waals surface area (Å²) in [5.74, 6) is 0.565. The first-order valence-electron chi connectivity index (χ1n) is 8.77. The zero-order chi connectivity index (χ0) is 17.1. The fourth-order valence-corrected chi connectivity index (χ4v) is 3.71. The lowest BCUT2D eigenvalue weighted by Crippen LogP contribution is -2.47. The van der Waals surface area contributed by atoms with E-state index in [1.165, 1.54) is 0 Å². The number of carbonyl (C=O) groups is 2. The number of hydrogen-bond acceptors (Lipinski definition) is 3. The second-order valence-corrected chi connectivity index (χ2v) is 7.21. The van der Waals surface area contributed by atoms with E-state index in [1.54, 1.807) is 4.90 Å². The maximum atomic E-state index is 12.7. The zero-order valence-corrected chi connectivity index (χ0v) is 14.2. The van der Waals surface area contributed by atoms with E-state index in [9.17, 15) is 14.7 Å². The molecule has 0 spiro atoms. The predicted molar refractivity (Wildman–Crippen MR) is 91.0 cm³/mol. The van der Waals surface area contributed by atoms with Crippen LogP contribution in [0.2, 0.25) is 0 Å². The molecule has 1 saturated heterocycles. The van der Waals surface area contributed by atoms with Crippen LogP contribution in [0.1, 0.15) is 31.2 Å². The molecule has 2 amide bonds.